The fourth-order valence-electron chi connectivity index (χ4n) is 1.43. The molecule has 2 nitrogen and oxygen atoms in total. The third-order valence-corrected chi connectivity index (χ3v) is 3.76. The van der Waals surface area contributed by atoms with Crippen LogP contribution in [0, 0.1) is 0 Å². The molecular weight excluding hydrogens is 252 g/mol. The number of hydrogen-bond donors (Lipinski definition) is 1. The Bertz CT molecular complexity index is 502. The third kappa shape index (κ3) is 3.46. The van der Waals surface area contributed by atoms with E-state index < -0.39 is 0 Å². The molecule has 0 saturated carbocycles. The summed E-state index contributed by atoms with van der Waals surface area (Å²) in [5.41, 5.74) is 7.61. The molecule has 0 amide bonds. The molecule has 0 unspecified atom stereocenters. The van der Waals surface area contributed by atoms with Crippen molar-refractivity contribution in [3.05, 3.63) is 58.9 Å². The number of pyridine rings is 1. The Balaban J connectivity index is 2.05. The Morgan fingerprint density at radius 1 is 1.24 bits per heavy atom. The molecular formula is C13H13ClN2S. The molecule has 0 atom stereocenters. The quantitative estimate of drug-likeness (QED) is 0.860. The zero-order chi connectivity index (χ0) is 12.1. The molecule has 1 aromatic heterocycles. The second-order valence-corrected chi connectivity index (χ2v) is 5.02. The molecule has 0 radical (unpaired) electrons. The van der Waals surface area contributed by atoms with Gasteiger partial charge in [0.05, 0.1) is 5.69 Å². The summed E-state index contributed by atoms with van der Waals surface area (Å²) in [5.74, 6) is 0.855. The maximum Gasteiger partial charge on any atom is 0.0550 e. The van der Waals surface area contributed by atoms with Crippen molar-refractivity contribution in [2.45, 2.75) is 17.2 Å². The van der Waals surface area contributed by atoms with Gasteiger partial charge in [-0.25, -0.2) is 0 Å². The van der Waals surface area contributed by atoms with E-state index in [4.69, 9.17) is 17.3 Å². The minimum Gasteiger partial charge on any atom is -0.325 e. The van der Waals surface area contributed by atoms with Gasteiger partial charge in [0.25, 0.3) is 0 Å². The lowest BCUT2D eigenvalue weighted by Gasteiger charge is -2.05. The van der Waals surface area contributed by atoms with Crippen molar-refractivity contribution in [3.63, 3.8) is 0 Å². The monoisotopic (exact) mass is 264 g/mol. The molecule has 2 aromatic rings. The largest absolute Gasteiger partial charge is 0.325 e. The van der Waals surface area contributed by atoms with Crippen molar-refractivity contribution in [2.24, 2.45) is 5.73 Å². The van der Waals surface area contributed by atoms with Crippen molar-refractivity contribution in [1.82, 2.24) is 4.98 Å². The number of aromatic nitrogens is 1. The predicted molar refractivity (Wildman–Crippen MR) is 73.1 cm³/mol. The number of halogens is 1. The van der Waals surface area contributed by atoms with Crippen molar-refractivity contribution in [3.8, 4) is 0 Å². The molecule has 0 aliphatic carbocycles. The molecule has 2 rings (SSSR count). The lowest BCUT2D eigenvalue weighted by molar-refractivity contribution is 0.976. The maximum atomic E-state index is 6.10. The standard InChI is InChI=1S/C13H13ClN2S/c14-13-4-2-1-3-10(13)9-17-12-5-6-16-11(7-12)8-15/h1-7H,8-9,15H2. The number of nitrogens with zero attached hydrogens (tertiary/aromatic N) is 1. The summed E-state index contributed by atoms with van der Waals surface area (Å²) in [5, 5.41) is 0.813. The Hall–Kier alpha value is -1.03. The summed E-state index contributed by atoms with van der Waals surface area (Å²) >= 11 is 7.84. The lowest BCUT2D eigenvalue weighted by atomic mass is 10.2. The SMILES string of the molecule is NCc1cc(SCc2ccccc2Cl)ccn1. The van der Waals surface area contributed by atoms with Gasteiger partial charge in [-0.3, -0.25) is 4.98 Å². The van der Waals surface area contributed by atoms with Gasteiger partial charge in [-0.15, -0.1) is 11.8 Å². The molecule has 1 aromatic carbocycles. The van der Waals surface area contributed by atoms with E-state index in [1.807, 2.05) is 36.4 Å². The topological polar surface area (TPSA) is 38.9 Å². The highest BCUT2D eigenvalue weighted by atomic mass is 35.5. The van der Waals surface area contributed by atoms with Crippen molar-refractivity contribution >= 4 is 23.4 Å². The van der Waals surface area contributed by atoms with Gasteiger partial charge in [0.2, 0.25) is 0 Å². The Kier molecular flexibility index (Phi) is 4.42. The predicted octanol–water partition coefficient (Wildman–Crippen LogP) is 3.49. The van der Waals surface area contributed by atoms with E-state index in [-0.39, 0.29) is 0 Å². The van der Waals surface area contributed by atoms with Crippen molar-refractivity contribution in [1.29, 1.82) is 0 Å². The molecule has 0 aliphatic rings. The lowest BCUT2D eigenvalue weighted by Crippen LogP contribution is -1.98. The Labute approximate surface area is 110 Å². The minimum absolute atomic E-state index is 0.473. The fourth-order valence-corrected chi connectivity index (χ4v) is 2.67. The van der Waals surface area contributed by atoms with Gasteiger partial charge < -0.3 is 5.73 Å². The molecule has 1 heterocycles. The number of nitrogens with two attached hydrogens (primary N) is 1. The van der Waals surface area contributed by atoms with E-state index in [2.05, 4.69) is 4.98 Å². The van der Waals surface area contributed by atoms with Crippen LogP contribution < -0.4 is 5.73 Å². The fraction of sp³-hybridized carbons (Fsp3) is 0.154. The van der Waals surface area contributed by atoms with Crippen LogP contribution >= 0.6 is 23.4 Å². The van der Waals surface area contributed by atoms with E-state index in [0.29, 0.717) is 6.54 Å². The molecule has 2 N–H and O–H groups in total. The van der Waals surface area contributed by atoms with Gasteiger partial charge in [-0.1, -0.05) is 29.8 Å². The average Bonchev–Trinajstić information content (AvgIpc) is 2.38. The summed E-state index contributed by atoms with van der Waals surface area (Å²) in [6.07, 6.45) is 1.79. The van der Waals surface area contributed by atoms with Crippen LogP contribution in [0.25, 0.3) is 0 Å². The molecule has 0 fully saturated rings. The van der Waals surface area contributed by atoms with Crippen LogP contribution in [-0.4, -0.2) is 4.98 Å². The smallest absolute Gasteiger partial charge is 0.0550 e. The first-order valence-corrected chi connectivity index (χ1v) is 6.67. The van der Waals surface area contributed by atoms with E-state index in [0.717, 1.165) is 22.0 Å². The van der Waals surface area contributed by atoms with E-state index >= 15 is 0 Å². The number of hydrogen-bond acceptors (Lipinski definition) is 3. The maximum absolute atomic E-state index is 6.10. The summed E-state index contributed by atoms with van der Waals surface area (Å²) < 4.78 is 0. The van der Waals surface area contributed by atoms with Gasteiger partial charge in [0, 0.05) is 28.4 Å². The first-order chi connectivity index (χ1) is 8.29. The van der Waals surface area contributed by atoms with Crippen LogP contribution in [-0.2, 0) is 12.3 Å². The average molecular weight is 265 g/mol. The van der Waals surface area contributed by atoms with Crippen LogP contribution in [0.15, 0.2) is 47.5 Å². The van der Waals surface area contributed by atoms with Gasteiger partial charge in [0.1, 0.15) is 0 Å². The third-order valence-electron chi connectivity index (χ3n) is 2.35. The number of thioether (sulfide) groups is 1. The first-order valence-electron chi connectivity index (χ1n) is 5.31. The zero-order valence-corrected chi connectivity index (χ0v) is 10.8. The van der Waals surface area contributed by atoms with Crippen LogP contribution in [0.1, 0.15) is 11.3 Å². The Morgan fingerprint density at radius 3 is 2.82 bits per heavy atom. The van der Waals surface area contributed by atoms with E-state index in [1.165, 1.54) is 4.90 Å². The molecule has 0 saturated heterocycles. The van der Waals surface area contributed by atoms with Gasteiger partial charge in [-0.05, 0) is 23.8 Å². The molecule has 0 spiro atoms. The number of rotatable bonds is 4. The van der Waals surface area contributed by atoms with Gasteiger partial charge in [0.15, 0.2) is 0 Å². The van der Waals surface area contributed by atoms with Crippen molar-refractivity contribution in [2.75, 3.05) is 0 Å². The second-order valence-electron chi connectivity index (χ2n) is 3.57. The molecule has 4 heteroatoms. The zero-order valence-electron chi connectivity index (χ0n) is 9.27. The molecule has 88 valence electrons. The van der Waals surface area contributed by atoms with Crippen molar-refractivity contribution < 1.29 is 0 Å². The highest BCUT2D eigenvalue weighted by Gasteiger charge is 2.01. The second kappa shape index (κ2) is 6.05. The van der Waals surface area contributed by atoms with Crippen LogP contribution in [0.4, 0.5) is 0 Å². The highest BCUT2D eigenvalue weighted by Crippen LogP contribution is 2.26. The van der Waals surface area contributed by atoms with Crippen LogP contribution in [0.3, 0.4) is 0 Å². The summed E-state index contributed by atoms with van der Waals surface area (Å²) in [7, 11) is 0. The van der Waals surface area contributed by atoms with Crippen LogP contribution in [0.5, 0.6) is 0 Å². The van der Waals surface area contributed by atoms with E-state index in [1.54, 1.807) is 18.0 Å². The molecule has 17 heavy (non-hydrogen) atoms. The number of benzene rings is 1. The van der Waals surface area contributed by atoms with Crippen LogP contribution in [0.2, 0.25) is 5.02 Å². The Morgan fingerprint density at radius 2 is 2.06 bits per heavy atom. The summed E-state index contributed by atoms with van der Waals surface area (Å²) in [4.78, 5) is 5.33. The summed E-state index contributed by atoms with van der Waals surface area (Å²) in [6.45, 7) is 0.473. The molecule has 0 aliphatic heterocycles. The normalized spacial score (nSPS) is 10.5. The highest BCUT2D eigenvalue weighted by molar-refractivity contribution is 7.98. The first kappa shape index (κ1) is 12.4. The molecule has 0 bridgehead atoms. The van der Waals surface area contributed by atoms with Gasteiger partial charge in [-0.2, -0.15) is 0 Å². The van der Waals surface area contributed by atoms with E-state index in [9.17, 15) is 0 Å². The minimum atomic E-state index is 0.473. The van der Waals surface area contributed by atoms with Gasteiger partial charge >= 0.3 is 0 Å². The summed E-state index contributed by atoms with van der Waals surface area (Å²) in [6, 6.07) is 11.9.